The van der Waals surface area contributed by atoms with Gasteiger partial charge in [0.05, 0.1) is 25.4 Å². The zero-order chi connectivity index (χ0) is 12.7. The van der Waals surface area contributed by atoms with Gasteiger partial charge in [0.25, 0.3) is 0 Å². The number of rotatable bonds is 6. The van der Waals surface area contributed by atoms with Crippen molar-refractivity contribution in [2.75, 3.05) is 25.6 Å². The lowest BCUT2D eigenvalue weighted by Gasteiger charge is -2.19. The first-order valence-electron chi connectivity index (χ1n) is 5.85. The van der Waals surface area contributed by atoms with Crippen LogP contribution in [0.5, 0.6) is 0 Å². The summed E-state index contributed by atoms with van der Waals surface area (Å²) in [6, 6.07) is 3.93. The molecule has 0 aliphatic heterocycles. The monoisotopic (exact) mass is 238 g/mol. The highest BCUT2D eigenvalue weighted by molar-refractivity contribution is 5.36. The van der Waals surface area contributed by atoms with Crippen molar-refractivity contribution in [3.8, 4) is 0 Å². The van der Waals surface area contributed by atoms with Crippen molar-refractivity contribution in [2.45, 2.75) is 33.0 Å². The van der Waals surface area contributed by atoms with Gasteiger partial charge >= 0.3 is 0 Å². The molecule has 0 aliphatic rings. The molecule has 0 radical (unpaired) electrons. The van der Waals surface area contributed by atoms with E-state index in [1.165, 1.54) is 0 Å². The number of hydrogen-bond acceptors (Lipinski definition) is 4. The molecular formula is C13H22N2O2. The summed E-state index contributed by atoms with van der Waals surface area (Å²) in [5.74, 6) is 0.858. The first-order chi connectivity index (χ1) is 8.01. The second-order valence-corrected chi connectivity index (χ2v) is 4.81. The van der Waals surface area contributed by atoms with E-state index in [9.17, 15) is 0 Å². The Hall–Kier alpha value is -1.13. The second-order valence-electron chi connectivity index (χ2n) is 4.81. The van der Waals surface area contributed by atoms with Gasteiger partial charge in [0, 0.05) is 13.2 Å². The van der Waals surface area contributed by atoms with Gasteiger partial charge in [-0.05, 0) is 38.5 Å². The molecule has 0 aliphatic carbocycles. The molecule has 1 aromatic heterocycles. The van der Waals surface area contributed by atoms with Crippen LogP contribution in [-0.2, 0) is 16.1 Å². The van der Waals surface area contributed by atoms with Crippen molar-refractivity contribution >= 4 is 5.82 Å². The average molecular weight is 238 g/mol. The van der Waals surface area contributed by atoms with Crippen LogP contribution in [0, 0.1) is 0 Å². The second kappa shape index (κ2) is 6.57. The van der Waals surface area contributed by atoms with Crippen molar-refractivity contribution in [2.24, 2.45) is 0 Å². The Morgan fingerprint density at radius 2 is 2.06 bits per heavy atom. The first-order valence-corrected chi connectivity index (χ1v) is 5.85. The Bertz CT molecular complexity index is 334. The zero-order valence-corrected chi connectivity index (χ0v) is 11.1. The number of pyridine rings is 1. The maximum absolute atomic E-state index is 5.56. The zero-order valence-electron chi connectivity index (χ0n) is 11.1. The smallest absolute Gasteiger partial charge is 0.125 e. The number of anilines is 1. The molecular weight excluding hydrogens is 216 g/mol. The van der Waals surface area contributed by atoms with Crippen molar-refractivity contribution in [1.29, 1.82) is 0 Å². The molecule has 4 nitrogen and oxygen atoms in total. The molecule has 1 rings (SSSR count). The van der Waals surface area contributed by atoms with Crippen LogP contribution in [0.3, 0.4) is 0 Å². The standard InChI is InChI=1S/C13H22N2O2/c1-13(2,3)17-8-7-16-10-11-5-6-15-12(9-11)14-4/h5-6,9H,7-8,10H2,1-4H3,(H,14,15). The SMILES string of the molecule is CNc1cc(COCCOC(C)(C)C)ccn1. The molecule has 0 bridgehead atoms. The highest BCUT2D eigenvalue weighted by Gasteiger charge is 2.08. The van der Waals surface area contributed by atoms with E-state index in [0.29, 0.717) is 19.8 Å². The summed E-state index contributed by atoms with van der Waals surface area (Å²) >= 11 is 0. The van der Waals surface area contributed by atoms with Gasteiger partial charge in [-0.1, -0.05) is 0 Å². The number of hydrogen-bond donors (Lipinski definition) is 1. The van der Waals surface area contributed by atoms with Gasteiger partial charge in [0.1, 0.15) is 5.82 Å². The third-order valence-corrected chi connectivity index (χ3v) is 2.11. The van der Waals surface area contributed by atoms with Gasteiger partial charge in [-0.2, -0.15) is 0 Å². The number of ether oxygens (including phenoxy) is 2. The van der Waals surface area contributed by atoms with Crippen LogP contribution in [0.15, 0.2) is 18.3 Å². The minimum atomic E-state index is -0.0979. The maximum atomic E-state index is 5.56. The van der Waals surface area contributed by atoms with Gasteiger partial charge in [-0.15, -0.1) is 0 Å². The molecule has 0 atom stereocenters. The van der Waals surface area contributed by atoms with Crippen LogP contribution < -0.4 is 5.32 Å². The topological polar surface area (TPSA) is 43.4 Å². The molecule has 1 N–H and O–H groups in total. The molecule has 0 amide bonds. The summed E-state index contributed by atoms with van der Waals surface area (Å²) in [6.45, 7) is 7.92. The summed E-state index contributed by atoms with van der Waals surface area (Å²) < 4.78 is 11.1. The van der Waals surface area contributed by atoms with Crippen LogP contribution in [0.1, 0.15) is 26.3 Å². The van der Waals surface area contributed by atoms with Crippen molar-refractivity contribution in [3.63, 3.8) is 0 Å². The van der Waals surface area contributed by atoms with Gasteiger partial charge in [0.15, 0.2) is 0 Å². The van der Waals surface area contributed by atoms with Gasteiger partial charge in [-0.3, -0.25) is 0 Å². The van der Waals surface area contributed by atoms with E-state index < -0.39 is 0 Å². The van der Waals surface area contributed by atoms with E-state index in [4.69, 9.17) is 9.47 Å². The minimum Gasteiger partial charge on any atom is -0.374 e. The number of nitrogens with one attached hydrogen (secondary N) is 1. The number of aromatic nitrogens is 1. The maximum Gasteiger partial charge on any atom is 0.125 e. The Morgan fingerprint density at radius 1 is 1.29 bits per heavy atom. The third-order valence-electron chi connectivity index (χ3n) is 2.11. The molecule has 1 aromatic rings. The Morgan fingerprint density at radius 3 is 2.71 bits per heavy atom. The molecule has 17 heavy (non-hydrogen) atoms. The van der Waals surface area contributed by atoms with Gasteiger partial charge in [0.2, 0.25) is 0 Å². The average Bonchev–Trinajstić information content (AvgIpc) is 2.27. The van der Waals surface area contributed by atoms with Gasteiger partial charge < -0.3 is 14.8 Å². The molecule has 0 unspecified atom stereocenters. The fourth-order valence-electron chi connectivity index (χ4n) is 1.30. The molecule has 0 aromatic carbocycles. The third kappa shape index (κ3) is 6.24. The predicted molar refractivity (Wildman–Crippen MR) is 69.1 cm³/mol. The summed E-state index contributed by atoms with van der Waals surface area (Å²) in [5.41, 5.74) is 1.01. The molecule has 4 heteroatoms. The highest BCUT2D eigenvalue weighted by Crippen LogP contribution is 2.08. The highest BCUT2D eigenvalue weighted by atomic mass is 16.5. The van der Waals surface area contributed by atoms with Crippen LogP contribution in [0.4, 0.5) is 5.82 Å². The fraction of sp³-hybridized carbons (Fsp3) is 0.615. The lowest BCUT2D eigenvalue weighted by Crippen LogP contribution is -2.21. The van der Waals surface area contributed by atoms with Crippen LogP contribution >= 0.6 is 0 Å². The fourth-order valence-corrected chi connectivity index (χ4v) is 1.30. The van der Waals surface area contributed by atoms with E-state index in [2.05, 4.69) is 10.3 Å². The van der Waals surface area contributed by atoms with Gasteiger partial charge in [-0.25, -0.2) is 4.98 Å². The quantitative estimate of drug-likeness (QED) is 0.773. The molecule has 96 valence electrons. The van der Waals surface area contributed by atoms with Crippen LogP contribution in [-0.4, -0.2) is 30.8 Å². The van der Waals surface area contributed by atoms with E-state index in [0.717, 1.165) is 11.4 Å². The van der Waals surface area contributed by atoms with Crippen molar-refractivity contribution in [1.82, 2.24) is 4.98 Å². The van der Waals surface area contributed by atoms with Crippen LogP contribution in [0.25, 0.3) is 0 Å². The molecule has 1 heterocycles. The van der Waals surface area contributed by atoms with Crippen molar-refractivity contribution < 1.29 is 9.47 Å². The first kappa shape index (κ1) is 13.9. The van der Waals surface area contributed by atoms with E-state index in [1.807, 2.05) is 40.0 Å². The normalized spacial score (nSPS) is 11.5. The number of nitrogens with zero attached hydrogens (tertiary/aromatic N) is 1. The van der Waals surface area contributed by atoms with E-state index >= 15 is 0 Å². The Balaban J connectivity index is 2.22. The lowest BCUT2D eigenvalue weighted by atomic mass is 10.2. The van der Waals surface area contributed by atoms with E-state index in [1.54, 1.807) is 6.20 Å². The minimum absolute atomic E-state index is 0.0979. The summed E-state index contributed by atoms with van der Waals surface area (Å²) in [6.07, 6.45) is 1.77. The van der Waals surface area contributed by atoms with Crippen molar-refractivity contribution in [3.05, 3.63) is 23.9 Å². The van der Waals surface area contributed by atoms with E-state index in [-0.39, 0.29) is 5.60 Å². The molecule has 0 spiro atoms. The Labute approximate surface area is 103 Å². The molecule has 0 fully saturated rings. The summed E-state index contributed by atoms with van der Waals surface area (Å²) in [5, 5.41) is 3.00. The summed E-state index contributed by atoms with van der Waals surface area (Å²) in [4.78, 5) is 4.14. The lowest BCUT2D eigenvalue weighted by molar-refractivity contribution is -0.0376. The largest absolute Gasteiger partial charge is 0.374 e. The molecule has 0 saturated carbocycles. The molecule has 0 saturated heterocycles. The Kier molecular flexibility index (Phi) is 5.38. The summed E-state index contributed by atoms with van der Waals surface area (Å²) in [7, 11) is 1.85. The predicted octanol–water partition coefficient (Wildman–Crippen LogP) is 2.46. The van der Waals surface area contributed by atoms with Crippen LogP contribution in [0.2, 0.25) is 0 Å².